The van der Waals surface area contributed by atoms with E-state index < -0.39 is 10.0 Å². The van der Waals surface area contributed by atoms with E-state index in [4.69, 9.17) is 4.74 Å². The second-order valence-corrected chi connectivity index (χ2v) is 6.12. The Morgan fingerprint density at radius 2 is 2.11 bits per heavy atom. The van der Waals surface area contributed by atoms with Gasteiger partial charge in [0, 0.05) is 12.6 Å². The normalized spacial score (nSPS) is 20.6. The topological polar surface area (TPSA) is 67.4 Å². The van der Waals surface area contributed by atoms with Gasteiger partial charge in [-0.05, 0) is 32.0 Å². The maximum absolute atomic E-state index is 11.9. The van der Waals surface area contributed by atoms with Crippen LogP contribution < -0.4 is 10.0 Å². The fourth-order valence-electron chi connectivity index (χ4n) is 2.00. The Bertz CT molecular complexity index is 496. The Balaban J connectivity index is 2.22. The monoisotopic (exact) mass is 270 g/mol. The first kappa shape index (κ1) is 13.3. The molecule has 1 heterocycles. The summed E-state index contributed by atoms with van der Waals surface area (Å²) >= 11 is 0. The summed E-state index contributed by atoms with van der Waals surface area (Å²) in [5.74, 6) is 0. The molecule has 1 aliphatic rings. The molecule has 0 amide bonds. The smallest absolute Gasteiger partial charge is 0.242 e. The number of ether oxygens (including phenoxy) is 1. The zero-order valence-electron chi connectivity index (χ0n) is 10.3. The minimum Gasteiger partial charge on any atom is -0.379 e. The van der Waals surface area contributed by atoms with Crippen LogP contribution in [0.2, 0.25) is 0 Å². The average Bonchev–Trinajstić information content (AvgIpc) is 2.40. The summed E-state index contributed by atoms with van der Waals surface area (Å²) in [5, 5.41) is 3.25. The van der Waals surface area contributed by atoms with E-state index in [0.717, 1.165) is 19.4 Å². The number of hydrogen-bond donors (Lipinski definition) is 2. The first-order chi connectivity index (χ1) is 8.63. The summed E-state index contributed by atoms with van der Waals surface area (Å²) < 4.78 is 31.5. The highest BCUT2D eigenvalue weighted by atomic mass is 32.2. The Morgan fingerprint density at radius 1 is 1.33 bits per heavy atom. The molecule has 1 aromatic rings. The zero-order chi connectivity index (χ0) is 13.0. The number of rotatable bonds is 4. The average molecular weight is 270 g/mol. The third kappa shape index (κ3) is 3.01. The molecule has 1 unspecified atom stereocenters. The van der Waals surface area contributed by atoms with E-state index in [1.54, 1.807) is 18.2 Å². The van der Waals surface area contributed by atoms with Crippen molar-refractivity contribution in [2.75, 3.05) is 25.6 Å². The van der Waals surface area contributed by atoms with Gasteiger partial charge in [0.2, 0.25) is 10.0 Å². The van der Waals surface area contributed by atoms with Crippen LogP contribution in [-0.2, 0) is 14.8 Å². The molecule has 0 saturated carbocycles. The van der Waals surface area contributed by atoms with Crippen molar-refractivity contribution in [1.82, 2.24) is 4.72 Å². The summed E-state index contributed by atoms with van der Waals surface area (Å²) in [6.07, 6.45) is 1.99. The Hall–Kier alpha value is -1.11. The van der Waals surface area contributed by atoms with E-state index in [1.165, 1.54) is 7.05 Å². The van der Waals surface area contributed by atoms with E-state index >= 15 is 0 Å². The van der Waals surface area contributed by atoms with Crippen molar-refractivity contribution in [1.29, 1.82) is 0 Å². The Kier molecular flexibility index (Phi) is 4.21. The molecule has 1 fully saturated rings. The lowest BCUT2D eigenvalue weighted by Gasteiger charge is -2.25. The van der Waals surface area contributed by atoms with Gasteiger partial charge < -0.3 is 10.1 Å². The molecule has 0 bridgehead atoms. The highest BCUT2D eigenvalue weighted by molar-refractivity contribution is 7.89. The molecule has 18 heavy (non-hydrogen) atoms. The molecule has 1 aromatic carbocycles. The molecule has 2 N–H and O–H groups in total. The predicted octanol–water partition coefficient (Wildman–Crippen LogP) is 1.19. The van der Waals surface area contributed by atoms with Gasteiger partial charge in [-0.2, -0.15) is 0 Å². The van der Waals surface area contributed by atoms with Crippen LogP contribution in [0.5, 0.6) is 0 Å². The first-order valence-electron chi connectivity index (χ1n) is 6.00. The van der Waals surface area contributed by atoms with E-state index in [-0.39, 0.29) is 10.9 Å². The number of anilines is 1. The van der Waals surface area contributed by atoms with E-state index in [1.807, 2.05) is 6.07 Å². The van der Waals surface area contributed by atoms with Gasteiger partial charge in [0.15, 0.2) is 0 Å². The maximum Gasteiger partial charge on any atom is 0.242 e. The number of hydrogen-bond acceptors (Lipinski definition) is 4. The molecule has 100 valence electrons. The molecule has 2 rings (SSSR count). The largest absolute Gasteiger partial charge is 0.379 e. The predicted molar refractivity (Wildman–Crippen MR) is 70.2 cm³/mol. The van der Waals surface area contributed by atoms with E-state index in [0.29, 0.717) is 12.3 Å². The van der Waals surface area contributed by atoms with Crippen molar-refractivity contribution < 1.29 is 13.2 Å². The summed E-state index contributed by atoms with van der Waals surface area (Å²) in [7, 11) is -2.02. The molecule has 1 saturated heterocycles. The standard InChI is InChI=1S/C12H18N2O3S/c1-13-18(15,16)12-7-3-2-6-11(12)14-10-5-4-8-17-9-10/h2-3,6-7,10,13-14H,4-5,8-9H2,1H3. The third-order valence-corrected chi connectivity index (χ3v) is 4.44. The second kappa shape index (κ2) is 5.69. The van der Waals surface area contributed by atoms with E-state index in [2.05, 4.69) is 10.0 Å². The van der Waals surface area contributed by atoms with Crippen LogP contribution in [0.1, 0.15) is 12.8 Å². The van der Waals surface area contributed by atoms with Gasteiger partial charge >= 0.3 is 0 Å². The molecular formula is C12H18N2O3S. The van der Waals surface area contributed by atoms with Crippen LogP contribution in [0.4, 0.5) is 5.69 Å². The van der Waals surface area contributed by atoms with Crippen molar-refractivity contribution in [2.45, 2.75) is 23.8 Å². The summed E-state index contributed by atoms with van der Waals surface area (Å²) in [6, 6.07) is 7.08. The molecule has 1 aliphatic heterocycles. The number of nitrogens with one attached hydrogen (secondary N) is 2. The fourth-order valence-corrected chi connectivity index (χ4v) is 2.90. The summed E-state index contributed by atoms with van der Waals surface area (Å²) in [4.78, 5) is 0.276. The number of sulfonamides is 1. The highest BCUT2D eigenvalue weighted by Gasteiger charge is 2.19. The van der Waals surface area contributed by atoms with Crippen molar-refractivity contribution in [3.63, 3.8) is 0 Å². The fraction of sp³-hybridized carbons (Fsp3) is 0.500. The molecular weight excluding hydrogens is 252 g/mol. The van der Waals surface area contributed by atoms with Crippen LogP contribution in [0.25, 0.3) is 0 Å². The SMILES string of the molecule is CNS(=O)(=O)c1ccccc1NC1CCCOC1. The molecule has 0 aliphatic carbocycles. The van der Waals surface area contributed by atoms with Gasteiger partial charge in [-0.25, -0.2) is 13.1 Å². The minimum atomic E-state index is -3.43. The lowest BCUT2D eigenvalue weighted by atomic mass is 10.1. The maximum atomic E-state index is 11.9. The minimum absolute atomic E-state index is 0.173. The van der Waals surface area contributed by atoms with Crippen LogP contribution in [0.15, 0.2) is 29.2 Å². The molecule has 0 radical (unpaired) electrons. The number of para-hydroxylation sites is 1. The van der Waals surface area contributed by atoms with Crippen LogP contribution >= 0.6 is 0 Å². The summed E-state index contributed by atoms with van der Waals surface area (Å²) in [5.41, 5.74) is 0.627. The van der Waals surface area contributed by atoms with Crippen molar-refractivity contribution in [2.24, 2.45) is 0 Å². The third-order valence-electron chi connectivity index (χ3n) is 2.97. The quantitative estimate of drug-likeness (QED) is 0.862. The van der Waals surface area contributed by atoms with E-state index in [9.17, 15) is 8.42 Å². The highest BCUT2D eigenvalue weighted by Crippen LogP contribution is 2.22. The zero-order valence-corrected chi connectivity index (χ0v) is 11.2. The van der Waals surface area contributed by atoms with Crippen LogP contribution in [0.3, 0.4) is 0 Å². The van der Waals surface area contributed by atoms with Gasteiger partial charge in [0.05, 0.1) is 12.3 Å². The Morgan fingerprint density at radius 3 is 2.78 bits per heavy atom. The van der Waals surface area contributed by atoms with Gasteiger partial charge in [-0.15, -0.1) is 0 Å². The van der Waals surface area contributed by atoms with Gasteiger partial charge in [0.25, 0.3) is 0 Å². The van der Waals surface area contributed by atoms with Gasteiger partial charge in [-0.3, -0.25) is 0 Å². The molecule has 0 spiro atoms. The van der Waals surface area contributed by atoms with Crippen molar-refractivity contribution >= 4 is 15.7 Å². The molecule has 5 nitrogen and oxygen atoms in total. The van der Waals surface area contributed by atoms with Crippen molar-refractivity contribution in [3.8, 4) is 0 Å². The second-order valence-electron chi connectivity index (χ2n) is 4.26. The Labute approximate surface area is 108 Å². The van der Waals surface area contributed by atoms with Crippen molar-refractivity contribution in [3.05, 3.63) is 24.3 Å². The van der Waals surface area contributed by atoms with Crippen LogP contribution in [-0.4, -0.2) is 34.7 Å². The lowest BCUT2D eigenvalue weighted by Crippen LogP contribution is -2.31. The van der Waals surface area contributed by atoms with Gasteiger partial charge in [-0.1, -0.05) is 12.1 Å². The molecule has 6 heteroatoms. The number of benzene rings is 1. The molecule has 0 aromatic heterocycles. The van der Waals surface area contributed by atoms with Gasteiger partial charge in [0.1, 0.15) is 4.90 Å². The molecule has 1 atom stereocenters. The summed E-state index contributed by atoms with van der Waals surface area (Å²) in [6.45, 7) is 1.41. The van der Waals surface area contributed by atoms with Crippen LogP contribution in [0, 0.1) is 0 Å². The lowest BCUT2D eigenvalue weighted by molar-refractivity contribution is 0.0875. The first-order valence-corrected chi connectivity index (χ1v) is 7.48.